The molecule has 2 N–H and O–H groups in total. The molecular weight excluding hydrogens is 406 g/mol. The first-order valence-electron chi connectivity index (χ1n) is 10.1. The number of para-hydroxylation sites is 3. The minimum Gasteiger partial charge on any atom is -0.463 e. The number of amides is 2. The largest absolute Gasteiger partial charge is 0.463 e. The van der Waals surface area contributed by atoms with Gasteiger partial charge in [0.2, 0.25) is 5.91 Å². The molecule has 5 rings (SSSR count). The minimum atomic E-state index is -0.433. The van der Waals surface area contributed by atoms with Gasteiger partial charge in [0.15, 0.2) is 5.76 Å². The molecule has 158 valence electrons. The highest BCUT2D eigenvalue weighted by Crippen LogP contribution is 2.25. The molecule has 0 saturated heterocycles. The molecule has 0 radical (unpaired) electrons. The van der Waals surface area contributed by atoms with Crippen LogP contribution in [0.5, 0.6) is 0 Å². The summed E-state index contributed by atoms with van der Waals surface area (Å²) >= 11 is 0. The van der Waals surface area contributed by atoms with Crippen LogP contribution in [0.25, 0.3) is 33.4 Å². The molecule has 8 heteroatoms. The number of nitrogens with one attached hydrogen (secondary N) is 2. The Balaban J connectivity index is 1.29. The third-order valence-corrected chi connectivity index (χ3v) is 5.16. The van der Waals surface area contributed by atoms with Crippen LogP contribution >= 0.6 is 0 Å². The number of carbonyl (C=O) groups is 2. The highest BCUT2D eigenvalue weighted by Gasteiger charge is 2.16. The van der Waals surface area contributed by atoms with Crippen molar-refractivity contribution >= 4 is 33.8 Å². The van der Waals surface area contributed by atoms with Crippen molar-refractivity contribution in [1.82, 2.24) is 25.4 Å². The zero-order valence-corrected chi connectivity index (χ0v) is 17.0. The molecule has 3 heterocycles. The fraction of sp³-hybridized carbons (Fsp3) is 0.0833. The molecule has 0 unspecified atom stereocenters. The average Bonchev–Trinajstić information content (AvgIpc) is 3.51. The van der Waals surface area contributed by atoms with Gasteiger partial charge >= 0.3 is 0 Å². The summed E-state index contributed by atoms with van der Waals surface area (Å²) in [6.45, 7) is 0.447. The Hall–Kier alpha value is -4.46. The molecule has 0 saturated carbocycles. The summed E-state index contributed by atoms with van der Waals surface area (Å²) in [6.07, 6.45) is 3.45. The van der Waals surface area contributed by atoms with Gasteiger partial charge in [0, 0.05) is 18.4 Å². The number of aromatic nitrogens is 3. The molecule has 0 aliphatic heterocycles. The number of imidazole rings is 1. The van der Waals surface area contributed by atoms with E-state index < -0.39 is 5.91 Å². The molecule has 0 fully saturated rings. The summed E-state index contributed by atoms with van der Waals surface area (Å²) < 4.78 is 7.33. The number of hydrogen-bond acceptors (Lipinski definition) is 5. The molecule has 32 heavy (non-hydrogen) atoms. The Morgan fingerprint density at radius 2 is 1.75 bits per heavy atom. The van der Waals surface area contributed by atoms with Crippen molar-refractivity contribution in [1.29, 1.82) is 0 Å². The monoisotopic (exact) mass is 425 g/mol. The molecule has 2 aromatic carbocycles. The smallest absolute Gasteiger partial charge is 0.270 e. The molecule has 5 aromatic rings. The van der Waals surface area contributed by atoms with E-state index in [0.717, 1.165) is 11.0 Å². The predicted molar refractivity (Wildman–Crippen MR) is 119 cm³/mol. The van der Waals surface area contributed by atoms with Crippen LogP contribution in [0, 0.1) is 0 Å². The molecule has 0 aliphatic carbocycles. The van der Waals surface area contributed by atoms with Gasteiger partial charge in [-0.25, -0.2) is 9.97 Å². The van der Waals surface area contributed by atoms with E-state index in [0.29, 0.717) is 34.5 Å². The lowest BCUT2D eigenvalue weighted by atomic mass is 10.1. The topological polar surface area (TPSA) is 102 Å². The van der Waals surface area contributed by atoms with Gasteiger partial charge < -0.3 is 8.98 Å². The Morgan fingerprint density at radius 1 is 0.938 bits per heavy atom. The molecular formula is C24H19N5O3. The Labute approximate surface area is 182 Å². The van der Waals surface area contributed by atoms with Gasteiger partial charge in [0.05, 0.1) is 34.7 Å². The van der Waals surface area contributed by atoms with Crippen LogP contribution < -0.4 is 10.9 Å². The van der Waals surface area contributed by atoms with Gasteiger partial charge in [-0.05, 0) is 36.4 Å². The van der Waals surface area contributed by atoms with Crippen molar-refractivity contribution < 1.29 is 14.0 Å². The normalized spacial score (nSPS) is 11.0. The van der Waals surface area contributed by atoms with Crippen LogP contribution in [0.2, 0.25) is 0 Å². The van der Waals surface area contributed by atoms with Gasteiger partial charge in [-0.1, -0.05) is 30.3 Å². The van der Waals surface area contributed by atoms with Gasteiger partial charge in [-0.3, -0.25) is 20.4 Å². The fourth-order valence-corrected chi connectivity index (χ4v) is 3.58. The maximum absolute atomic E-state index is 12.9. The van der Waals surface area contributed by atoms with Crippen molar-refractivity contribution in [3.05, 3.63) is 84.9 Å². The van der Waals surface area contributed by atoms with Crippen molar-refractivity contribution in [2.75, 3.05) is 0 Å². The van der Waals surface area contributed by atoms with Crippen LogP contribution in [0.3, 0.4) is 0 Å². The number of fused-ring (bicyclic) bond motifs is 2. The first-order valence-corrected chi connectivity index (χ1v) is 10.1. The van der Waals surface area contributed by atoms with Crippen molar-refractivity contribution in [2.24, 2.45) is 0 Å². The van der Waals surface area contributed by atoms with Crippen LogP contribution in [-0.2, 0) is 11.3 Å². The lowest BCUT2D eigenvalue weighted by Gasteiger charge is -2.11. The molecule has 0 bridgehead atoms. The number of pyridine rings is 1. The van der Waals surface area contributed by atoms with Crippen molar-refractivity contribution in [2.45, 2.75) is 13.0 Å². The zero-order chi connectivity index (χ0) is 21.9. The standard InChI is InChI=1S/C24H19N5O3/c30-23(11-12-29-15-25-19-8-3-4-9-21(19)29)27-28-24(31)17-14-20(22-10-5-13-32-22)26-18-7-2-1-6-16(17)18/h1-10,13-15H,11-12H2,(H,27,30)(H,28,31). The van der Waals surface area contributed by atoms with Gasteiger partial charge in [-0.15, -0.1) is 0 Å². The molecule has 2 amide bonds. The second-order valence-electron chi connectivity index (χ2n) is 7.23. The first-order chi connectivity index (χ1) is 15.7. The number of nitrogens with zero attached hydrogens (tertiary/aromatic N) is 3. The van der Waals surface area contributed by atoms with Crippen molar-refractivity contribution in [3.8, 4) is 11.5 Å². The van der Waals surface area contributed by atoms with E-state index in [-0.39, 0.29) is 12.3 Å². The third kappa shape index (κ3) is 3.81. The quantitative estimate of drug-likeness (QED) is 0.418. The van der Waals surface area contributed by atoms with E-state index in [1.54, 1.807) is 30.8 Å². The summed E-state index contributed by atoms with van der Waals surface area (Å²) in [6, 6.07) is 20.2. The summed E-state index contributed by atoms with van der Waals surface area (Å²) in [5, 5.41) is 0.680. The number of aryl methyl sites for hydroxylation is 1. The number of benzene rings is 2. The summed E-state index contributed by atoms with van der Waals surface area (Å²) in [5.74, 6) is -0.181. The predicted octanol–water partition coefficient (Wildman–Crippen LogP) is 3.70. The van der Waals surface area contributed by atoms with Crippen molar-refractivity contribution in [3.63, 3.8) is 0 Å². The average molecular weight is 425 g/mol. The zero-order valence-electron chi connectivity index (χ0n) is 17.0. The maximum atomic E-state index is 12.9. The minimum absolute atomic E-state index is 0.190. The van der Waals surface area contributed by atoms with Crippen LogP contribution in [0.1, 0.15) is 16.8 Å². The number of rotatable bonds is 5. The van der Waals surface area contributed by atoms with E-state index >= 15 is 0 Å². The fourth-order valence-electron chi connectivity index (χ4n) is 3.58. The molecule has 8 nitrogen and oxygen atoms in total. The maximum Gasteiger partial charge on any atom is 0.270 e. The number of hydrazine groups is 1. The third-order valence-electron chi connectivity index (χ3n) is 5.16. The van der Waals surface area contributed by atoms with Gasteiger partial charge in [-0.2, -0.15) is 0 Å². The number of carbonyl (C=O) groups excluding carboxylic acids is 2. The van der Waals surface area contributed by atoms with E-state index in [2.05, 4.69) is 20.8 Å². The lowest BCUT2D eigenvalue weighted by Crippen LogP contribution is -2.42. The van der Waals surface area contributed by atoms with Gasteiger partial charge in [0.25, 0.3) is 5.91 Å². The number of hydrogen-bond donors (Lipinski definition) is 2. The highest BCUT2D eigenvalue weighted by atomic mass is 16.3. The van der Waals surface area contributed by atoms with Crippen LogP contribution in [0.4, 0.5) is 0 Å². The molecule has 0 spiro atoms. The van der Waals surface area contributed by atoms with Gasteiger partial charge in [0.1, 0.15) is 5.69 Å². The summed E-state index contributed by atoms with van der Waals surface area (Å²) in [7, 11) is 0. The first kappa shape index (κ1) is 19.5. The Morgan fingerprint density at radius 3 is 2.59 bits per heavy atom. The Bertz CT molecular complexity index is 1420. The molecule has 0 atom stereocenters. The van der Waals surface area contributed by atoms with Crippen LogP contribution in [0.15, 0.2) is 83.7 Å². The van der Waals surface area contributed by atoms with E-state index in [9.17, 15) is 9.59 Å². The van der Waals surface area contributed by atoms with Crippen LogP contribution in [-0.4, -0.2) is 26.3 Å². The van der Waals surface area contributed by atoms with E-state index in [1.165, 1.54) is 0 Å². The Kier molecular flexibility index (Phi) is 5.09. The molecule has 3 aromatic heterocycles. The lowest BCUT2D eigenvalue weighted by molar-refractivity contribution is -0.122. The SMILES string of the molecule is O=C(CCn1cnc2ccccc21)NNC(=O)c1cc(-c2ccco2)nc2ccccc12. The highest BCUT2D eigenvalue weighted by molar-refractivity contribution is 6.07. The van der Waals surface area contributed by atoms with E-state index in [1.807, 2.05) is 53.1 Å². The summed E-state index contributed by atoms with van der Waals surface area (Å²) in [4.78, 5) is 34.1. The summed E-state index contributed by atoms with van der Waals surface area (Å²) in [5.41, 5.74) is 8.42. The van der Waals surface area contributed by atoms with E-state index in [4.69, 9.17) is 4.42 Å². The second kappa shape index (κ2) is 8.35. The molecule has 0 aliphatic rings. The second-order valence-corrected chi connectivity index (χ2v) is 7.23. The number of furan rings is 1.